The van der Waals surface area contributed by atoms with E-state index in [1.165, 1.54) is 19.9 Å². The molecule has 0 aliphatic heterocycles. The molecule has 0 saturated heterocycles. The quantitative estimate of drug-likeness (QED) is 0.130. The molecule has 0 fully saturated rings. The molecule has 0 spiro atoms. The van der Waals surface area contributed by atoms with Crippen LogP contribution in [0.25, 0.3) is 48.8 Å². The molecular formula is C27H19IrN2O3-. The predicted molar refractivity (Wildman–Crippen MR) is 127 cm³/mol. The summed E-state index contributed by atoms with van der Waals surface area (Å²) >= 11 is 0. The van der Waals surface area contributed by atoms with Gasteiger partial charge in [0.05, 0.1) is 17.9 Å². The number of furan rings is 1. The van der Waals surface area contributed by atoms with Crippen LogP contribution in [0.1, 0.15) is 13.8 Å². The minimum Gasteiger partial charge on any atom is -0.512 e. The minimum atomic E-state index is -0.125. The zero-order valence-corrected chi connectivity index (χ0v) is 20.3. The van der Waals surface area contributed by atoms with E-state index in [1.54, 1.807) is 6.20 Å². The third kappa shape index (κ3) is 5.01. The van der Waals surface area contributed by atoms with E-state index in [0.29, 0.717) is 5.69 Å². The van der Waals surface area contributed by atoms with Gasteiger partial charge in [-0.1, -0.05) is 41.3 Å². The average molecular weight is 612 g/mol. The second-order valence-corrected chi connectivity index (χ2v) is 7.27. The Morgan fingerprint density at radius 1 is 1.09 bits per heavy atom. The number of aliphatic hydroxyl groups is 1. The second kappa shape index (κ2) is 10.2. The zero-order valence-electron chi connectivity index (χ0n) is 17.9. The third-order valence-corrected chi connectivity index (χ3v) is 4.86. The van der Waals surface area contributed by atoms with Crippen molar-refractivity contribution in [3.05, 3.63) is 96.2 Å². The minimum absolute atomic E-state index is 0. The molecule has 0 unspecified atom stereocenters. The van der Waals surface area contributed by atoms with E-state index in [2.05, 4.69) is 22.0 Å². The molecule has 5 rings (SSSR count). The molecule has 5 nitrogen and oxygen atoms in total. The molecule has 0 saturated carbocycles. The van der Waals surface area contributed by atoms with E-state index in [-0.39, 0.29) is 31.6 Å². The summed E-state index contributed by atoms with van der Waals surface area (Å²) in [5.74, 6) is -0.0625. The van der Waals surface area contributed by atoms with Gasteiger partial charge in [0.25, 0.3) is 0 Å². The fourth-order valence-corrected chi connectivity index (χ4v) is 3.59. The van der Waals surface area contributed by atoms with Crippen LogP contribution in [0.2, 0.25) is 0 Å². The summed E-state index contributed by atoms with van der Waals surface area (Å²) in [4.78, 5) is 18.1. The van der Waals surface area contributed by atoms with E-state index in [0.717, 1.165) is 44.0 Å². The van der Waals surface area contributed by atoms with Gasteiger partial charge in [0, 0.05) is 37.8 Å². The van der Waals surface area contributed by atoms with E-state index in [1.807, 2.05) is 54.6 Å². The smallest absolute Gasteiger partial charge is 0.187 e. The van der Waals surface area contributed by atoms with Gasteiger partial charge in [-0.25, -0.2) is 4.85 Å². The first-order chi connectivity index (χ1) is 15.5. The van der Waals surface area contributed by atoms with Crippen molar-refractivity contribution in [2.45, 2.75) is 13.8 Å². The number of pyridine rings is 1. The van der Waals surface area contributed by atoms with Crippen molar-refractivity contribution in [2.24, 2.45) is 0 Å². The first kappa shape index (κ1) is 23.9. The molecule has 2 aromatic heterocycles. The Hall–Kier alpha value is -3.78. The van der Waals surface area contributed by atoms with Gasteiger partial charge in [-0.05, 0) is 48.5 Å². The van der Waals surface area contributed by atoms with Gasteiger partial charge in [-0.15, -0.1) is 18.2 Å². The summed E-state index contributed by atoms with van der Waals surface area (Å²) in [6.45, 7) is 10.0. The van der Waals surface area contributed by atoms with Crippen LogP contribution >= 0.6 is 0 Å². The normalized spacial score (nSPS) is 10.9. The van der Waals surface area contributed by atoms with Crippen LogP contribution in [-0.4, -0.2) is 15.9 Å². The molecule has 0 aliphatic carbocycles. The Balaban J connectivity index is 0.000000337. The Bertz CT molecular complexity index is 1540. The molecule has 33 heavy (non-hydrogen) atoms. The van der Waals surface area contributed by atoms with Crippen molar-refractivity contribution in [1.82, 2.24) is 4.98 Å². The Kier molecular flexibility index (Phi) is 7.40. The first-order valence-corrected chi connectivity index (χ1v) is 9.94. The van der Waals surface area contributed by atoms with E-state index in [9.17, 15) is 4.79 Å². The van der Waals surface area contributed by atoms with Gasteiger partial charge in [0.2, 0.25) is 0 Å². The molecule has 0 aliphatic rings. The predicted octanol–water partition coefficient (Wildman–Crippen LogP) is 7.19. The van der Waals surface area contributed by atoms with Gasteiger partial charge >= 0.3 is 0 Å². The van der Waals surface area contributed by atoms with Crippen molar-refractivity contribution < 1.29 is 34.4 Å². The van der Waals surface area contributed by atoms with Gasteiger partial charge in [-0.2, -0.15) is 0 Å². The standard InChI is InChI=1S/C22H11N2O.C5H8O2.Ir/c1-23-15-9-10-16-14(13-15)11-12-24-21(16)19-7-4-6-18-17-5-2-3-8-20(17)25-22(18)19;1-4(6)3-5(2)7;/h2-6,8-13H;3,6H,1-2H3;/q-1;;/b;4-3-;. The van der Waals surface area contributed by atoms with Crippen LogP contribution in [0.15, 0.2) is 83.1 Å². The fraction of sp³-hybridized carbons (Fsp3) is 0.0741. The number of ketones is 1. The molecule has 0 bridgehead atoms. The van der Waals surface area contributed by atoms with Crippen LogP contribution in [-0.2, 0) is 24.9 Å². The number of para-hydroxylation sites is 1. The second-order valence-electron chi connectivity index (χ2n) is 7.27. The molecule has 3 aromatic carbocycles. The maximum Gasteiger partial charge on any atom is 0.187 e. The third-order valence-electron chi connectivity index (χ3n) is 4.86. The molecular weight excluding hydrogens is 593 g/mol. The summed E-state index contributed by atoms with van der Waals surface area (Å²) in [6.07, 6.45) is 2.93. The number of aliphatic hydroxyl groups excluding tert-OH is 1. The summed E-state index contributed by atoms with van der Waals surface area (Å²) < 4.78 is 6.11. The van der Waals surface area contributed by atoms with E-state index in [4.69, 9.17) is 16.1 Å². The number of benzene rings is 3. The average Bonchev–Trinajstić information content (AvgIpc) is 3.17. The molecule has 0 atom stereocenters. The fourth-order valence-electron chi connectivity index (χ4n) is 3.59. The van der Waals surface area contributed by atoms with Crippen molar-refractivity contribution in [2.75, 3.05) is 0 Å². The topological polar surface area (TPSA) is 67.7 Å². The van der Waals surface area contributed by atoms with Crippen LogP contribution < -0.4 is 0 Å². The monoisotopic (exact) mass is 612 g/mol. The number of nitrogens with zero attached hydrogens (tertiary/aromatic N) is 2. The molecule has 1 radical (unpaired) electrons. The zero-order chi connectivity index (χ0) is 22.7. The Labute approximate surface area is 204 Å². The number of fused-ring (bicyclic) bond motifs is 4. The van der Waals surface area contributed by atoms with E-state index < -0.39 is 0 Å². The Morgan fingerprint density at radius 3 is 2.58 bits per heavy atom. The number of carbonyl (C=O) groups is 1. The summed E-state index contributed by atoms with van der Waals surface area (Å²) in [5, 5.41) is 12.5. The number of hydrogen-bond donors (Lipinski definition) is 1. The van der Waals surface area contributed by atoms with Gasteiger partial charge < -0.3 is 14.5 Å². The van der Waals surface area contributed by atoms with Gasteiger partial charge in [-0.3, -0.25) is 4.79 Å². The Morgan fingerprint density at radius 2 is 1.88 bits per heavy atom. The molecule has 2 heterocycles. The van der Waals surface area contributed by atoms with Crippen LogP contribution in [0.4, 0.5) is 5.69 Å². The maximum absolute atomic E-state index is 10.0. The van der Waals surface area contributed by atoms with Crippen LogP contribution in [0, 0.1) is 12.6 Å². The van der Waals surface area contributed by atoms with E-state index >= 15 is 0 Å². The maximum atomic E-state index is 10.0. The van der Waals surface area contributed by atoms with Crippen LogP contribution in [0.3, 0.4) is 0 Å². The summed E-state index contributed by atoms with van der Waals surface area (Å²) in [7, 11) is 0. The van der Waals surface area contributed by atoms with Crippen molar-refractivity contribution in [3.8, 4) is 11.3 Å². The number of hydrogen-bond acceptors (Lipinski definition) is 4. The van der Waals surface area contributed by atoms with Crippen molar-refractivity contribution in [1.29, 1.82) is 0 Å². The summed E-state index contributed by atoms with van der Waals surface area (Å²) in [6, 6.07) is 22.8. The molecule has 165 valence electrons. The SMILES string of the molecule is CC(=O)/C=C(/C)O.[C-]#[N+]c1ccc2c(-c3[c-]ccc4c3oc3ccccc34)nccc2c1.[Ir]. The molecule has 0 amide bonds. The van der Waals surface area contributed by atoms with Crippen molar-refractivity contribution in [3.63, 3.8) is 0 Å². The van der Waals surface area contributed by atoms with Gasteiger partial charge in [0.15, 0.2) is 11.5 Å². The molecule has 5 aromatic rings. The largest absolute Gasteiger partial charge is 0.512 e. The van der Waals surface area contributed by atoms with Gasteiger partial charge in [0.1, 0.15) is 5.58 Å². The first-order valence-electron chi connectivity index (χ1n) is 9.94. The molecule has 6 heteroatoms. The van der Waals surface area contributed by atoms with Crippen LogP contribution in [0.5, 0.6) is 0 Å². The van der Waals surface area contributed by atoms with Crippen molar-refractivity contribution >= 4 is 44.2 Å². The molecule has 1 N–H and O–H groups in total. The number of rotatable bonds is 2. The summed E-state index contributed by atoms with van der Waals surface area (Å²) in [5.41, 5.74) is 3.93. The number of carbonyl (C=O) groups excluding carboxylic acids is 1. The number of allylic oxidation sites excluding steroid dienone is 2. The number of aromatic nitrogens is 1.